The van der Waals surface area contributed by atoms with Crippen LogP contribution in [0.25, 0.3) is 0 Å². The molecular weight excluding hydrogens is 450 g/mol. The van der Waals surface area contributed by atoms with E-state index in [-0.39, 0.29) is 23.0 Å². The maximum Gasteiger partial charge on any atom is 0.322 e. The molecule has 1 saturated heterocycles. The van der Waals surface area contributed by atoms with Gasteiger partial charge in [-0.15, -0.1) is 10.2 Å². The average Bonchev–Trinajstić information content (AvgIpc) is 3.45. The molecule has 32 heavy (non-hydrogen) atoms. The first-order valence-electron chi connectivity index (χ1n) is 10.1. The molecule has 10 heteroatoms. The third kappa shape index (κ3) is 4.84. The number of aryl methyl sites for hydroxylation is 1. The number of amides is 3. The van der Waals surface area contributed by atoms with Crippen molar-refractivity contribution >= 4 is 46.3 Å². The second-order valence-electron chi connectivity index (χ2n) is 7.39. The minimum atomic E-state index is -0.324. The number of methoxy groups -OCH3 is 1. The van der Waals surface area contributed by atoms with Gasteiger partial charge in [0.25, 0.3) is 5.91 Å². The number of likely N-dealkylation sites (tertiary alicyclic amines) is 1. The standard InChI is InChI=1S/C22H22ClN5O3S/c1-13-5-8-15(9-6-13)24-19(29)21-27-26-20(32-21)17-4-3-11-28(17)22(30)25-16-12-14(23)7-10-18(16)31-2/h5-10,12,17H,3-4,11H2,1-2H3,(H,24,29)(H,25,30)/t17-/m1/s1. The Bertz CT molecular complexity index is 1130. The van der Waals surface area contributed by atoms with Crippen LogP contribution in [-0.2, 0) is 0 Å². The van der Waals surface area contributed by atoms with Crippen LogP contribution in [0.5, 0.6) is 5.75 Å². The number of hydrogen-bond acceptors (Lipinski definition) is 6. The van der Waals surface area contributed by atoms with E-state index in [9.17, 15) is 9.59 Å². The van der Waals surface area contributed by atoms with Gasteiger partial charge in [0.1, 0.15) is 10.8 Å². The van der Waals surface area contributed by atoms with E-state index in [2.05, 4.69) is 20.8 Å². The second-order valence-corrected chi connectivity index (χ2v) is 8.84. The van der Waals surface area contributed by atoms with Gasteiger partial charge in [0, 0.05) is 17.3 Å². The first-order valence-corrected chi connectivity index (χ1v) is 11.3. The van der Waals surface area contributed by atoms with Crippen molar-refractivity contribution in [3.63, 3.8) is 0 Å². The van der Waals surface area contributed by atoms with Gasteiger partial charge in [-0.1, -0.05) is 40.6 Å². The van der Waals surface area contributed by atoms with E-state index in [1.165, 1.54) is 18.4 Å². The van der Waals surface area contributed by atoms with Crippen LogP contribution in [0.3, 0.4) is 0 Å². The van der Waals surface area contributed by atoms with E-state index in [4.69, 9.17) is 16.3 Å². The number of benzene rings is 2. The molecule has 0 radical (unpaired) electrons. The highest BCUT2D eigenvalue weighted by molar-refractivity contribution is 7.13. The summed E-state index contributed by atoms with van der Waals surface area (Å²) in [5.41, 5.74) is 2.29. The van der Waals surface area contributed by atoms with Crippen molar-refractivity contribution in [3.05, 3.63) is 63.1 Å². The second kappa shape index (κ2) is 9.54. The number of nitrogens with one attached hydrogen (secondary N) is 2. The van der Waals surface area contributed by atoms with E-state index in [0.717, 1.165) is 18.4 Å². The van der Waals surface area contributed by atoms with Crippen molar-refractivity contribution < 1.29 is 14.3 Å². The zero-order chi connectivity index (χ0) is 22.7. The maximum atomic E-state index is 13.0. The number of halogens is 1. The zero-order valence-corrected chi connectivity index (χ0v) is 19.2. The molecule has 0 unspecified atom stereocenters. The molecule has 0 saturated carbocycles. The number of nitrogens with zero attached hydrogens (tertiary/aromatic N) is 3. The molecule has 1 aliphatic rings. The number of urea groups is 1. The monoisotopic (exact) mass is 471 g/mol. The van der Waals surface area contributed by atoms with Crippen LogP contribution < -0.4 is 15.4 Å². The summed E-state index contributed by atoms with van der Waals surface area (Å²) in [5.74, 6) is 0.194. The first-order chi connectivity index (χ1) is 15.4. The molecule has 1 fully saturated rings. The highest BCUT2D eigenvalue weighted by Gasteiger charge is 2.33. The van der Waals surface area contributed by atoms with Gasteiger partial charge in [0.15, 0.2) is 0 Å². The molecule has 1 aromatic heterocycles. The molecule has 2 N–H and O–H groups in total. The molecule has 166 valence electrons. The normalized spacial score (nSPS) is 15.5. The number of rotatable bonds is 5. The fourth-order valence-electron chi connectivity index (χ4n) is 3.51. The van der Waals surface area contributed by atoms with Crippen LogP contribution in [0, 0.1) is 6.92 Å². The molecule has 0 bridgehead atoms. The Hall–Kier alpha value is -3.17. The van der Waals surface area contributed by atoms with Gasteiger partial charge >= 0.3 is 6.03 Å². The number of carbonyl (C=O) groups is 2. The predicted molar refractivity (Wildman–Crippen MR) is 125 cm³/mol. The largest absolute Gasteiger partial charge is 0.495 e. The number of hydrogen-bond donors (Lipinski definition) is 2. The molecule has 0 aliphatic carbocycles. The van der Waals surface area contributed by atoms with E-state index < -0.39 is 0 Å². The van der Waals surface area contributed by atoms with Crippen molar-refractivity contribution in [1.82, 2.24) is 15.1 Å². The molecule has 8 nitrogen and oxygen atoms in total. The SMILES string of the molecule is COc1ccc(Cl)cc1NC(=O)N1CCC[C@@H]1c1nnc(C(=O)Nc2ccc(C)cc2)s1. The summed E-state index contributed by atoms with van der Waals surface area (Å²) < 4.78 is 5.30. The Kier molecular flexibility index (Phi) is 6.57. The predicted octanol–water partition coefficient (Wildman–Crippen LogP) is 5.13. The molecule has 2 heterocycles. The van der Waals surface area contributed by atoms with Gasteiger partial charge in [-0.05, 0) is 50.1 Å². The van der Waals surface area contributed by atoms with Crippen molar-refractivity contribution in [1.29, 1.82) is 0 Å². The van der Waals surface area contributed by atoms with Gasteiger partial charge in [-0.3, -0.25) is 4.79 Å². The molecular formula is C22H22ClN5O3S. The smallest absolute Gasteiger partial charge is 0.322 e. The third-order valence-corrected chi connectivity index (χ3v) is 6.40. The summed E-state index contributed by atoms with van der Waals surface area (Å²) in [5, 5.41) is 15.3. The summed E-state index contributed by atoms with van der Waals surface area (Å²) in [6.07, 6.45) is 1.57. The average molecular weight is 472 g/mol. The fraction of sp³-hybridized carbons (Fsp3) is 0.273. The minimum Gasteiger partial charge on any atom is -0.495 e. The summed E-state index contributed by atoms with van der Waals surface area (Å²) in [6.45, 7) is 2.55. The van der Waals surface area contributed by atoms with E-state index in [1.807, 2.05) is 31.2 Å². The van der Waals surface area contributed by atoms with Crippen LogP contribution in [0.15, 0.2) is 42.5 Å². The van der Waals surface area contributed by atoms with Crippen LogP contribution in [0.2, 0.25) is 5.02 Å². The van der Waals surface area contributed by atoms with E-state index >= 15 is 0 Å². The molecule has 3 amide bonds. The summed E-state index contributed by atoms with van der Waals surface area (Å²) >= 11 is 7.26. The Balaban J connectivity index is 1.46. The highest BCUT2D eigenvalue weighted by Crippen LogP contribution is 2.35. The topological polar surface area (TPSA) is 96.4 Å². The lowest BCUT2D eigenvalue weighted by Gasteiger charge is -2.23. The van der Waals surface area contributed by atoms with Crippen LogP contribution in [-0.4, -0.2) is 40.7 Å². The van der Waals surface area contributed by atoms with Gasteiger partial charge in [-0.25, -0.2) is 4.79 Å². The Morgan fingerprint density at radius 3 is 2.69 bits per heavy atom. The number of anilines is 2. The maximum absolute atomic E-state index is 13.0. The first kappa shape index (κ1) is 22.0. The van der Waals surface area contributed by atoms with Crippen molar-refractivity contribution in [3.8, 4) is 5.75 Å². The van der Waals surface area contributed by atoms with Gasteiger partial charge in [-0.2, -0.15) is 0 Å². The molecule has 1 aliphatic heterocycles. The lowest BCUT2D eigenvalue weighted by molar-refractivity contribution is 0.102. The Morgan fingerprint density at radius 1 is 1.16 bits per heavy atom. The van der Waals surface area contributed by atoms with Gasteiger partial charge in [0.2, 0.25) is 5.01 Å². The summed E-state index contributed by atoms with van der Waals surface area (Å²) in [7, 11) is 1.53. The third-order valence-electron chi connectivity index (χ3n) is 5.15. The molecule has 1 atom stereocenters. The van der Waals surface area contributed by atoms with Crippen LogP contribution in [0.1, 0.15) is 39.3 Å². The van der Waals surface area contributed by atoms with Crippen LogP contribution in [0.4, 0.5) is 16.2 Å². The summed E-state index contributed by atoms with van der Waals surface area (Å²) in [4.78, 5) is 27.2. The number of ether oxygens (including phenoxy) is 1. The van der Waals surface area contributed by atoms with Crippen molar-refractivity contribution in [2.24, 2.45) is 0 Å². The zero-order valence-electron chi connectivity index (χ0n) is 17.6. The summed E-state index contributed by atoms with van der Waals surface area (Å²) in [6, 6.07) is 12.0. The number of carbonyl (C=O) groups excluding carboxylic acids is 2. The van der Waals surface area contributed by atoms with Crippen molar-refractivity contribution in [2.45, 2.75) is 25.8 Å². The van der Waals surface area contributed by atoms with Gasteiger partial charge < -0.3 is 20.3 Å². The lowest BCUT2D eigenvalue weighted by atomic mass is 10.2. The highest BCUT2D eigenvalue weighted by atomic mass is 35.5. The molecule has 2 aromatic carbocycles. The number of aromatic nitrogens is 2. The van der Waals surface area contributed by atoms with E-state index in [0.29, 0.717) is 33.7 Å². The van der Waals surface area contributed by atoms with Crippen molar-refractivity contribution in [2.75, 3.05) is 24.3 Å². The van der Waals surface area contributed by atoms with Gasteiger partial charge in [0.05, 0.1) is 18.8 Å². The molecule has 4 rings (SSSR count). The lowest BCUT2D eigenvalue weighted by Crippen LogP contribution is -2.34. The van der Waals surface area contributed by atoms with E-state index in [1.54, 1.807) is 23.1 Å². The fourth-order valence-corrected chi connectivity index (χ4v) is 4.57. The molecule has 3 aromatic rings. The quantitative estimate of drug-likeness (QED) is 0.537. The Morgan fingerprint density at radius 2 is 1.94 bits per heavy atom. The Labute approximate surface area is 194 Å². The van der Waals surface area contributed by atoms with Crippen LogP contribution >= 0.6 is 22.9 Å². The molecule has 0 spiro atoms. The minimum absolute atomic E-state index is 0.251.